The number of amidine groups is 1. The fourth-order valence-electron chi connectivity index (χ4n) is 3.17. The summed E-state index contributed by atoms with van der Waals surface area (Å²) < 4.78 is 0. The number of amides is 2. The molecule has 0 spiro atoms. The second-order valence-corrected chi connectivity index (χ2v) is 7.89. The van der Waals surface area contributed by atoms with Crippen LogP contribution in [0.15, 0.2) is 89.9 Å². The van der Waals surface area contributed by atoms with Crippen LogP contribution in [0.1, 0.15) is 16.7 Å². The maximum atomic E-state index is 13.4. The van der Waals surface area contributed by atoms with Crippen molar-refractivity contribution >= 4 is 28.6 Å². The number of aryl methyl sites for hydroxylation is 1. The van der Waals surface area contributed by atoms with Gasteiger partial charge in [-0.15, -0.1) is 0 Å². The molecule has 1 aliphatic heterocycles. The first-order valence-electron chi connectivity index (χ1n) is 9.61. The number of aliphatic imine (C=N–C) groups is 1. The Labute approximate surface area is 175 Å². The number of hydrogen-bond acceptors (Lipinski definition) is 3. The van der Waals surface area contributed by atoms with Crippen LogP contribution in [0.5, 0.6) is 0 Å². The standard InChI is InChI=1S/C24H23N3OS/c1-19-12-14-22(15-13-19)27-18-29-23(25-16-20-8-4-2-5-9-20)26(24(27)28)17-21-10-6-3-7-11-21/h2-15H,16-18H2,1H3/b25-23+. The lowest BCUT2D eigenvalue weighted by Gasteiger charge is -2.36. The highest BCUT2D eigenvalue weighted by Crippen LogP contribution is 2.28. The molecule has 5 heteroatoms. The van der Waals surface area contributed by atoms with Gasteiger partial charge in [0.05, 0.1) is 19.0 Å². The van der Waals surface area contributed by atoms with Crippen molar-refractivity contribution < 1.29 is 4.79 Å². The summed E-state index contributed by atoms with van der Waals surface area (Å²) in [4.78, 5) is 21.8. The molecule has 1 aliphatic rings. The minimum Gasteiger partial charge on any atom is -0.284 e. The molecule has 0 N–H and O–H groups in total. The second kappa shape index (κ2) is 8.97. The van der Waals surface area contributed by atoms with Crippen molar-refractivity contribution in [2.45, 2.75) is 20.0 Å². The minimum absolute atomic E-state index is 0.0386. The Morgan fingerprint density at radius 2 is 1.48 bits per heavy atom. The lowest BCUT2D eigenvalue weighted by atomic mass is 10.2. The molecule has 0 saturated carbocycles. The molecule has 29 heavy (non-hydrogen) atoms. The van der Waals surface area contributed by atoms with Crippen LogP contribution in [-0.2, 0) is 13.1 Å². The number of nitrogens with zero attached hydrogens (tertiary/aromatic N) is 3. The highest BCUT2D eigenvalue weighted by molar-refractivity contribution is 8.14. The Morgan fingerprint density at radius 3 is 2.14 bits per heavy atom. The monoisotopic (exact) mass is 401 g/mol. The van der Waals surface area contributed by atoms with Crippen LogP contribution in [-0.4, -0.2) is 22.0 Å². The molecule has 0 radical (unpaired) electrons. The summed E-state index contributed by atoms with van der Waals surface area (Å²) in [6.45, 7) is 3.11. The number of benzene rings is 3. The molecule has 0 bridgehead atoms. The van der Waals surface area contributed by atoms with Crippen molar-refractivity contribution in [1.82, 2.24) is 4.90 Å². The van der Waals surface area contributed by atoms with E-state index in [1.165, 1.54) is 5.56 Å². The molecular weight excluding hydrogens is 378 g/mol. The average Bonchev–Trinajstić information content (AvgIpc) is 2.76. The van der Waals surface area contributed by atoms with E-state index in [4.69, 9.17) is 4.99 Å². The second-order valence-electron chi connectivity index (χ2n) is 6.98. The van der Waals surface area contributed by atoms with Crippen LogP contribution in [0.4, 0.5) is 10.5 Å². The molecule has 3 aromatic rings. The molecule has 1 fully saturated rings. The van der Waals surface area contributed by atoms with Gasteiger partial charge in [0.25, 0.3) is 0 Å². The van der Waals surface area contributed by atoms with E-state index in [0.29, 0.717) is 19.0 Å². The first kappa shape index (κ1) is 19.3. The number of anilines is 1. The molecule has 4 nitrogen and oxygen atoms in total. The lowest BCUT2D eigenvalue weighted by molar-refractivity contribution is 0.226. The fourth-order valence-corrected chi connectivity index (χ4v) is 4.13. The van der Waals surface area contributed by atoms with Gasteiger partial charge in [-0.25, -0.2) is 4.79 Å². The molecule has 146 valence electrons. The smallest absolute Gasteiger partial charge is 0.284 e. The summed E-state index contributed by atoms with van der Waals surface area (Å²) in [7, 11) is 0. The Bertz CT molecular complexity index is 988. The van der Waals surface area contributed by atoms with E-state index in [-0.39, 0.29) is 6.03 Å². The zero-order valence-electron chi connectivity index (χ0n) is 16.4. The maximum absolute atomic E-state index is 13.4. The van der Waals surface area contributed by atoms with Crippen LogP contribution < -0.4 is 4.90 Å². The molecule has 1 saturated heterocycles. The molecular formula is C24H23N3OS. The SMILES string of the molecule is Cc1ccc(N2CS/C(=N/Cc3ccccc3)N(Cc3ccccc3)C2=O)cc1. The van der Waals surface area contributed by atoms with Crippen molar-refractivity contribution in [2.24, 2.45) is 4.99 Å². The van der Waals surface area contributed by atoms with E-state index < -0.39 is 0 Å². The number of carbonyl (C=O) groups is 1. The maximum Gasteiger partial charge on any atom is 0.331 e. The van der Waals surface area contributed by atoms with Gasteiger partial charge in [0.2, 0.25) is 0 Å². The molecule has 1 heterocycles. The van der Waals surface area contributed by atoms with E-state index in [9.17, 15) is 4.79 Å². The predicted molar refractivity (Wildman–Crippen MR) is 121 cm³/mol. The van der Waals surface area contributed by atoms with Gasteiger partial charge in [-0.3, -0.25) is 14.8 Å². The normalized spacial score (nSPS) is 15.8. The summed E-state index contributed by atoms with van der Waals surface area (Å²) in [5.74, 6) is 0.556. The largest absolute Gasteiger partial charge is 0.331 e. The van der Waals surface area contributed by atoms with Gasteiger partial charge in [-0.1, -0.05) is 90.1 Å². The summed E-state index contributed by atoms with van der Waals surface area (Å²) >= 11 is 1.60. The van der Waals surface area contributed by atoms with Gasteiger partial charge >= 0.3 is 6.03 Å². The van der Waals surface area contributed by atoms with Gasteiger partial charge in [0.1, 0.15) is 0 Å². The molecule has 3 aromatic carbocycles. The van der Waals surface area contributed by atoms with E-state index in [1.807, 2.05) is 84.6 Å². The van der Waals surface area contributed by atoms with Gasteiger partial charge in [0, 0.05) is 5.69 Å². The first-order chi connectivity index (χ1) is 14.2. The third kappa shape index (κ3) is 4.69. The average molecular weight is 402 g/mol. The van der Waals surface area contributed by atoms with Crippen molar-refractivity contribution in [3.63, 3.8) is 0 Å². The van der Waals surface area contributed by atoms with Gasteiger partial charge in [-0.05, 0) is 30.2 Å². The van der Waals surface area contributed by atoms with Crippen LogP contribution in [0.2, 0.25) is 0 Å². The summed E-state index contributed by atoms with van der Waals surface area (Å²) in [5, 5.41) is 0.770. The van der Waals surface area contributed by atoms with Gasteiger partial charge in [-0.2, -0.15) is 0 Å². The molecule has 0 aromatic heterocycles. The molecule has 0 unspecified atom stereocenters. The number of rotatable bonds is 5. The predicted octanol–water partition coefficient (Wildman–Crippen LogP) is 5.68. The third-order valence-corrected chi connectivity index (χ3v) is 5.78. The lowest BCUT2D eigenvalue weighted by Crippen LogP contribution is -2.49. The quantitative estimate of drug-likeness (QED) is 0.551. The topological polar surface area (TPSA) is 35.9 Å². The van der Waals surface area contributed by atoms with Crippen molar-refractivity contribution in [3.05, 3.63) is 102 Å². The van der Waals surface area contributed by atoms with Crippen LogP contribution in [0.25, 0.3) is 0 Å². The Morgan fingerprint density at radius 1 is 0.862 bits per heavy atom. The highest BCUT2D eigenvalue weighted by Gasteiger charge is 2.32. The third-order valence-electron chi connectivity index (χ3n) is 4.78. The van der Waals surface area contributed by atoms with E-state index >= 15 is 0 Å². The molecule has 0 atom stereocenters. The summed E-state index contributed by atoms with van der Waals surface area (Å²) in [5.41, 5.74) is 4.30. The fraction of sp³-hybridized carbons (Fsp3) is 0.167. The van der Waals surface area contributed by atoms with Crippen LogP contribution >= 0.6 is 11.8 Å². The van der Waals surface area contributed by atoms with E-state index in [0.717, 1.165) is 22.0 Å². The Hall–Kier alpha value is -3.05. The van der Waals surface area contributed by atoms with Gasteiger partial charge in [0.15, 0.2) is 5.17 Å². The van der Waals surface area contributed by atoms with Crippen molar-refractivity contribution in [3.8, 4) is 0 Å². The molecule has 2 amide bonds. The number of thioether (sulfide) groups is 1. The van der Waals surface area contributed by atoms with E-state index in [2.05, 4.69) is 12.1 Å². The van der Waals surface area contributed by atoms with Crippen LogP contribution in [0, 0.1) is 6.92 Å². The van der Waals surface area contributed by atoms with Gasteiger partial charge < -0.3 is 0 Å². The van der Waals surface area contributed by atoms with Crippen LogP contribution in [0.3, 0.4) is 0 Å². The number of urea groups is 1. The van der Waals surface area contributed by atoms with Crippen molar-refractivity contribution in [1.29, 1.82) is 0 Å². The first-order valence-corrected chi connectivity index (χ1v) is 10.6. The Kier molecular flexibility index (Phi) is 5.96. The number of carbonyl (C=O) groups excluding carboxylic acids is 1. The molecule has 4 rings (SSSR count). The molecule has 0 aliphatic carbocycles. The van der Waals surface area contributed by atoms with Crippen molar-refractivity contribution in [2.75, 3.05) is 10.8 Å². The summed E-state index contributed by atoms with van der Waals surface area (Å²) in [6.07, 6.45) is 0. The number of hydrogen-bond donors (Lipinski definition) is 0. The zero-order valence-corrected chi connectivity index (χ0v) is 17.2. The summed E-state index contributed by atoms with van der Waals surface area (Å²) in [6, 6.07) is 28.2. The van der Waals surface area contributed by atoms with E-state index in [1.54, 1.807) is 16.7 Å². The minimum atomic E-state index is -0.0386. The zero-order chi connectivity index (χ0) is 20.1. The Balaban J connectivity index is 1.61. The highest BCUT2D eigenvalue weighted by atomic mass is 32.2.